The van der Waals surface area contributed by atoms with Gasteiger partial charge in [0, 0.05) is 24.4 Å². The lowest BCUT2D eigenvalue weighted by molar-refractivity contribution is -0.384. The lowest BCUT2D eigenvalue weighted by Gasteiger charge is -2.17. The second kappa shape index (κ2) is 8.34. The first-order valence-electron chi connectivity index (χ1n) is 8.67. The highest BCUT2D eigenvalue weighted by Gasteiger charge is 2.33. The van der Waals surface area contributed by atoms with Gasteiger partial charge in [-0.3, -0.25) is 14.9 Å². The van der Waals surface area contributed by atoms with E-state index in [9.17, 15) is 19.7 Å². The minimum absolute atomic E-state index is 0.129. The first-order chi connectivity index (χ1) is 13.5. The van der Waals surface area contributed by atoms with E-state index in [0.717, 1.165) is 5.69 Å². The number of para-hydroxylation sites is 1. The second-order valence-electron chi connectivity index (χ2n) is 6.20. The van der Waals surface area contributed by atoms with Gasteiger partial charge in [-0.15, -0.1) is 0 Å². The average Bonchev–Trinajstić information content (AvgIpc) is 3.07. The summed E-state index contributed by atoms with van der Waals surface area (Å²) in [5, 5.41) is 14.5. The van der Waals surface area contributed by atoms with Gasteiger partial charge < -0.3 is 15.0 Å². The summed E-state index contributed by atoms with van der Waals surface area (Å²) < 4.78 is 4.51. The van der Waals surface area contributed by atoms with Gasteiger partial charge in [0.25, 0.3) is 5.69 Å². The first kappa shape index (κ1) is 19.1. The van der Waals surface area contributed by atoms with Gasteiger partial charge >= 0.3 is 5.97 Å². The quantitative estimate of drug-likeness (QED) is 0.357. The monoisotopic (exact) mass is 381 g/mol. The molecule has 0 aromatic heterocycles. The number of carbonyl (C=O) groups is 2. The molecule has 1 unspecified atom stereocenters. The molecule has 1 atom stereocenters. The standard InChI is InChI=1S/C20H19N3O5/c1-28-19(24)10-8-14-7-9-16(18(13-14)23(26)27)21-17-11-12-22(20(17)25)15-5-3-2-4-6-15/h2-10,13,17,21H,11-12H2,1H3/b10-8+. The molecular formula is C20H19N3O5. The van der Waals surface area contributed by atoms with Crippen LogP contribution in [-0.4, -0.2) is 36.5 Å². The topological polar surface area (TPSA) is 102 Å². The summed E-state index contributed by atoms with van der Waals surface area (Å²) in [7, 11) is 1.25. The van der Waals surface area contributed by atoms with Crippen LogP contribution in [0.25, 0.3) is 6.08 Å². The molecule has 1 fully saturated rings. The number of hydrogen-bond donors (Lipinski definition) is 1. The highest BCUT2D eigenvalue weighted by atomic mass is 16.6. The van der Waals surface area contributed by atoms with Crippen molar-refractivity contribution in [2.24, 2.45) is 0 Å². The van der Waals surface area contributed by atoms with E-state index in [0.29, 0.717) is 18.5 Å². The van der Waals surface area contributed by atoms with Crippen molar-refractivity contribution in [2.75, 3.05) is 23.9 Å². The minimum atomic E-state index is -0.553. The summed E-state index contributed by atoms with van der Waals surface area (Å²) in [6, 6.07) is 13.3. The second-order valence-corrected chi connectivity index (χ2v) is 6.20. The van der Waals surface area contributed by atoms with E-state index in [1.807, 2.05) is 30.3 Å². The summed E-state index contributed by atoms with van der Waals surface area (Å²) in [5.41, 5.74) is 1.37. The Kier molecular flexibility index (Phi) is 5.69. The molecule has 1 saturated heterocycles. The molecule has 0 aliphatic carbocycles. The van der Waals surface area contributed by atoms with Gasteiger partial charge in [0.2, 0.25) is 5.91 Å². The fraction of sp³-hybridized carbons (Fsp3) is 0.200. The van der Waals surface area contributed by atoms with E-state index in [-0.39, 0.29) is 17.3 Å². The van der Waals surface area contributed by atoms with Crippen molar-refractivity contribution in [3.63, 3.8) is 0 Å². The molecular weight excluding hydrogens is 362 g/mol. The maximum Gasteiger partial charge on any atom is 0.330 e. The Morgan fingerprint density at radius 3 is 2.71 bits per heavy atom. The zero-order chi connectivity index (χ0) is 20.1. The maximum absolute atomic E-state index is 12.7. The molecule has 0 radical (unpaired) electrons. The lowest BCUT2D eigenvalue weighted by Crippen LogP contribution is -2.33. The summed E-state index contributed by atoms with van der Waals surface area (Å²) in [6.45, 7) is 0.536. The molecule has 1 amide bonds. The molecule has 1 aliphatic heterocycles. The third kappa shape index (κ3) is 4.17. The number of nitro benzene ring substituents is 1. The Labute approximate surface area is 161 Å². The van der Waals surface area contributed by atoms with Crippen LogP contribution in [0.3, 0.4) is 0 Å². The molecule has 144 valence electrons. The van der Waals surface area contributed by atoms with Crippen molar-refractivity contribution >= 4 is 35.0 Å². The lowest BCUT2D eigenvalue weighted by atomic mass is 10.1. The van der Waals surface area contributed by atoms with Crippen LogP contribution in [0.1, 0.15) is 12.0 Å². The first-order valence-corrected chi connectivity index (χ1v) is 8.67. The number of hydrogen-bond acceptors (Lipinski definition) is 6. The van der Waals surface area contributed by atoms with Gasteiger partial charge in [-0.1, -0.05) is 24.3 Å². The number of esters is 1. The maximum atomic E-state index is 12.7. The molecule has 8 nitrogen and oxygen atoms in total. The van der Waals surface area contributed by atoms with Crippen molar-refractivity contribution in [3.8, 4) is 0 Å². The van der Waals surface area contributed by atoms with E-state index >= 15 is 0 Å². The number of rotatable bonds is 6. The van der Waals surface area contributed by atoms with Gasteiger partial charge in [0.05, 0.1) is 12.0 Å². The predicted octanol–water partition coefficient (Wildman–Crippen LogP) is 3.00. The number of benzene rings is 2. The summed E-state index contributed by atoms with van der Waals surface area (Å²) in [5.74, 6) is -0.683. The van der Waals surface area contributed by atoms with Crippen molar-refractivity contribution in [2.45, 2.75) is 12.5 Å². The predicted molar refractivity (Wildman–Crippen MR) is 105 cm³/mol. The smallest absolute Gasteiger partial charge is 0.330 e. The van der Waals surface area contributed by atoms with Gasteiger partial charge in [0.15, 0.2) is 0 Å². The van der Waals surface area contributed by atoms with Gasteiger partial charge in [0.1, 0.15) is 11.7 Å². The Morgan fingerprint density at radius 2 is 2.04 bits per heavy atom. The normalized spacial score (nSPS) is 16.4. The molecule has 0 saturated carbocycles. The van der Waals surface area contributed by atoms with Crippen LogP contribution < -0.4 is 10.2 Å². The van der Waals surface area contributed by atoms with E-state index in [4.69, 9.17) is 0 Å². The fourth-order valence-electron chi connectivity index (χ4n) is 3.02. The number of amides is 1. The molecule has 1 aliphatic rings. The third-order valence-corrected chi connectivity index (χ3v) is 4.43. The minimum Gasteiger partial charge on any atom is -0.466 e. The molecule has 3 rings (SSSR count). The van der Waals surface area contributed by atoms with Crippen LogP contribution in [0.5, 0.6) is 0 Å². The van der Waals surface area contributed by atoms with Crippen LogP contribution in [0, 0.1) is 10.1 Å². The zero-order valence-corrected chi connectivity index (χ0v) is 15.2. The Balaban J connectivity index is 1.78. The van der Waals surface area contributed by atoms with Crippen LogP contribution in [0.4, 0.5) is 17.1 Å². The average molecular weight is 381 g/mol. The molecule has 2 aromatic carbocycles. The van der Waals surface area contributed by atoms with E-state index in [2.05, 4.69) is 10.1 Å². The molecule has 1 heterocycles. The van der Waals surface area contributed by atoms with Crippen molar-refractivity contribution < 1.29 is 19.2 Å². The molecule has 2 aromatic rings. The number of methoxy groups -OCH3 is 1. The molecule has 0 spiro atoms. The number of nitro groups is 1. The number of ether oxygens (including phenoxy) is 1. The van der Waals surface area contributed by atoms with Crippen LogP contribution in [0.2, 0.25) is 0 Å². The molecule has 0 bridgehead atoms. The van der Waals surface area contributed by atoms with Crippen molar-refractivity contribution in [1.29, 1.82) is 0 Å². The van der Waals surface area contributed by atoms with Crippen LogP contribution in [-0.2, 0) is 14.3 Å². The van der Waals surface area contributed by atoms with E-state index in [1.165, 1.54) is 31.4 Å². The number of nitrogens with one attached hydrogen (secondary N) is 1. The molecule has 8 heteroatoms. The van der Waals surface area contributed by atoms with Gasteiger partial charge in [-0.25, -0.2) is 4.79 Å². The van der Waals surface area contributed by atoms with Gasteiger partial charge in [-0.05, 0) is 36.3 Å². The molecule has 1 N–H and O–H groups in total. The Bertz CT molecular complexity index is 927. The highest BCUT2D eigenvalue weighted by Crippen LogP contribution is 2.30. The van der Waals surface area contributed by atoms with Crippen molar-refractivity contribution in [3.05, 3.63) is 70.3 Å². The van der Waals surface area contributed by atoms with Crippen LogP contribution in [0.15, 0.2) is 54.6 Å². The number of carbonyl (C=O) groups excluding carboxylic acids is 2. The summed E-state index contributed by atoms with van der Waals surface area (Å²) in [4.78, 5) is 36.5. The fourth-order valence-corrected chi connectivity index (χ4v) is 3.02. The number of nitrogens with zero attached hydrogens (tertiary/aromatic N) is 2. The zero-order valence-electron chi connectivity index (χ0n) is 15.2. The van der Waals surface area contributed by atoms with Gasteiger partial charge in [-0.2, -0.15) is 0 Å². The van der Waals surface area contributed by atoms with E-state index < -0.39 is 16.9 Å². The van der Waals surface area contributed by atoms with E-state index in [1.54, 1.807) is 11.0 Å². The third-order valence-electron chi connectivity index (χ3n) is 4.43. The SMILES string of the molecule is COC(=O)/C=C/c1ccc(NC2CCN(c3ccccc3)C2=O)c([N+](=O)[O-])c1. The summed E-state index contributed by atoms with van der Waals surface area (Å²) >= 11 is 0. The highest BCUT2D eigenvalue weighted by molar-refractivity contribution is 6.01. The molecule has 28 heavy (non-hydrogen) atoms. The summed E-state index contributed by atoms with van der Waals surface area (Å²) in [6.07, 6.45) is 3.15. The Hall–Kier alpha value is -3.68. The van der Waals surface area contributed by atoms with Crippen LogP contribution >= 0.6 is 0 Å². The van der Waals surface area contributed by atoms with Crippen molar-refractivity contribution in [1.82, 2.24) is 0 Å². The number of anilines is 2. The Morgan fingerprint density at radius 1 is 1.29 bits per heavy atom. The largest absolute Gasteiger partial charge is 0.466 e.